The summed E-state index contributed by atoms with van der Waals surface area (Å²) < 4.78 is 30.2. The van der Waals surface area contributed by atoms with Crippen LogP contribution in [0.25, 0.3) is 0 Å². The molecule has 0 spiro atoms. The highest BCUT2D eigenvalue weighted by atomic mass is 32.2. The summed E-state index contributed by atoms with van der Waals surface area (Å²) >= 11 is 0. The molecule has 4 bridgehead atoms. The number of carbonyl (C=O) groups is 2. The second-order valence-corrected chi connectivity index (χ2v) is 8.13. The lowest BCUT2D eigenvalue weighted by atomic mass is 9.48. The van der Waals surface area contributed by atoms with Gasteiger partial charge in [-0.3, -0.25) is 14.1 Å². The third-order valence-electron chi connectivity index (χ3n) is 5.09. The predicted molar refractivity (Wildman–Crippen MR) is 67.0 cm³/mol. The molecule has 0 heterocycles. The average Bonchev–Trinajstić information content (AvgIpc) is 2.23. The summed E-state index contributed by atoms with van der Waals surface area (Å²) in [6.07, 6.45) is 5.65. The first kappa shape index (κ1) is 13.2. The fraction of sp³-hybridized carbons (Fsp3) is 0.846. The van der Waals surface area contributed by atoms with E-state index in [9.17, 15) is 18.0 Å². The standard InChI is InChI=1S/C13H18O5S/c14-11(7-19(16,17)18)12(15)13-4-8-1-9(5-13)3-10(2-8)6-13/h8-10H,1-7H2,(H,16,17,18). The van der Waals surface area contributed by atoms with Gasteiger partial charge in [-0.15, -0.1) is 0 Å². The normalized spacial score (nSPS) is 40.4. The van der Waals surface area contributed by atoms with Crippen LogP contribution in [0.3, 0.4) is 0 Å². The van der Waals surface area contributed by atoms with Crippen LogP contribution < -0.4 is 0 Å². The zero-order valence-electron chi connectivity index (χ0n) is 10.7. The van der Waals surface area contributed by atoms with E-state index in [4.69, 9.17) is 4.55 Å². The maximum absolute atomic E-state index is 12.3. The van der Waals surface area contributed by atoms with E-state index in [-0.39, 0.29) is 0 Å². The maximum atomic E-state index is 12.3. The van der Waals surface area contributed by atoms with E-state index in [0.717, 1.165) is 38.5 Å². The molecule has 0 radical (unpaired) electrons. The molecule has 0 aromatic rings. The third kappa shape index (κ3) is 2.36. The van der Waals surface area contributed by atoms with Crippen molar-refractivity contribution in [1.82, 2.24) is 0 Å². The number of hydrogen-bond donors (Lipinski definition) is 1. The maximum Gasteiger partial charge on any atom is 0.272 e. The highest BCUT2D eigenvalue weighted by molar-refractivity contribution is 7.86. The van der Waals surface area contributed by atoms with Gasteiger partial charge in [0.2, 0.25) is 11.6 Å². The second kappa shape index (κ2) is 4.12. The van der Waals surface area contributed by atoms with E-state index in [1.165, 1.54) is 0 Å². The predicted octanol–water partition coefficient (Wildman–Crippen LogP) is 1.23. The highest BCUT2D eigenvalue weighted by Gasteiger charge is 2.55. The summed E-state index contributed by atoms with van der Waals surface area (Å²) in [4.78, 5) is 24.1. The van der Waals surface area contributed by atoms with Crippen molar-refractivity contribution in [1.29, 1.82) is 0 Å². The zero-order valence-corrected chi connectivity index (χ0v) is 11.5. The molecule has 5 nitrogen and oxygen atoms in total. The van der Waals surface area contributed by atoms with Crippen molar-refractivity contribution in [3.63, 3.8) is 0 Å². The Morgan fingerprint density at radius 3 is 1.79 bits per heavy atom. The molecular weight excluding hydrogens is 268 g/mol. The van der Waals surface area contributed by atoms with Gasteiger partial charge >= 0.3 is 0 Å². The van der Waals surface area contributed by atoms with E-state index < -0.39 is 32.9 Å². The van der Waals surface area contributed by atoms with Crippen molar-refractivity contribution in [2.45, 2.75) is 38.5 Å². The van der Waals surface area contributed by atoms with E-state index in [2.05, 4.69) is 0 Å². The summed E-state index contributed by atoms with van der Waals surface area (Å²) in [5, 5.41) is 0. The quantitative estimate of drug-likeness (QED) is 0.620. The number of rotatable bonds is 4. The van der Waals surface area contributed by atoms with Crippen LogP contribution in [-0.2, 0) is 19.7 Å². The van der Waals surface area contributed by atoms with Gasteiger partial charge in [0.05, 0.1) is 0 Å². The van der Waals surface area contributed by atoms with Gasteiger partial charge in [-0.25, -0.2) is 0 Å². The van der Waals surface area contributed by atoms with E-state index in [1.807, 2.05) is 0 Å². The molecule has 0 unspecified atom stereocenters. The fourth-order valence-electron chi connectivity index (χ4n) is 4.92. The largest absolute Gasteiger partial charge is 0.290 e. The number of Topliss-reactive ketones (excluding diaryl/α,β-unsaturated/α-hetero) is 2. The Bertz CT molecular complexity index is 498. The van der Waals surface area contributed by atoms with Gasteiger partial charge in [-0.1, -0.05) is 0 Å². The Kier molecular flexibility index (Phi) is 2.87. The van der Waals surface area contributed by atoms with Crippen molar-refractivity contribution in [3.05, 3.63) is 0 Å². The molecule has 4 rings (SSSR count). The van der Waals surface area contributed by atoms with Crippen LogP contribution in [-0.4, -0.2) is 30.3 Å². The van der Waals surface area contributed by atoms with Gasteiger partial charge in [-0.05, 0) is 56.3 Å². The van der Waals surface area contributed by atoms with Crippen LogP contribution in [0.1, 0.15) is 38.5 Å². The lowest BCUT2D eigenvalue weighted by Gasteiger charge is -2.55. The van der Waals surface area contributed by atoms with E-state index >= 15 is 0 Å². The molecule has 19 heavy (non-hydrogen) atoms. The van der Waals surface area contributed by atoms with Gasteiger partial charge in [0, 0.05) is 5.41 Å². The summed E-state index contributed by atoms with van der Waals surface area (Å²) in [7, 11) is -4.41. The first-order valence-corrected chi connectivity index (χ1v) is 8.41. The van der Waals surface area contributed by atoms with Crippen LogP contribution >= 0.6 is 0 Å². The number of ketones is 2. The summed E-state index contributed by atoms with van der Waals surface area (Å²) in [6.45, 7) is 0. The molecule has 4 aliphatic rings. The fourth-order valence-corrected chi connectivity index (χ4v) is 5.38. The Morgan fingerprint density at radius 1 is 1.00 bits per heavy atom. The first-order valence-electron chi connectivity index (χ1n) is 6.80. The van der Waals surface area contributed by atoms with Crippen molar-refractivity contribution < 1.29 is 22.6 Å². The van der Waals surface area contributed by atoms with Gasteiger partial charge in [0.15, 0.2) is 0 Å². The zero-order chi connectivity index (χ0) is 13.8. The van der Waals surface area contributed by atoms with Crippen LogP contribution in [0, 0.1) is 23.2 Å². The lowest BCUT2D eigenvalue weighted by Crippen LogP contribution is -2.52. The summed E-state index contributed by atoms with van der Waals surface area (Å²) in [5.41, 5.74) is -0.615. The van der Waals surface area contributed by atoms with Crippen LogP contribution in [0.4, 0.5) is 0 Å². The molecule has 0 aliphatic heterocycles. The number of carbonyl (C=O) groups excluding carboxylic acids is 2. The minimum absolute atomic E-state index is 0.522. The molecular formula is C13H18O5S. The van der Waals surface area contributed by atoms with E-state index in [1.54, 1.807) is 0 Å². The Hall–Kier alpha value is -0.750. The highest BCUT2D eigenvalue weighted by Crippen LogP contribution is 2.60. The van der Waals surface area contributed by atoms with Gasteiger partial charge in [0.25, 0.3) is 10.1 Å². The summed E-state index contributed by atoms with van der Waals surface area (Å²) in [6, 6.07) is 0. The minimum atomic E-state index is -4.41. The molecule has 4 aliphatic carbocycles. The second-order valence-electron chi connectivity index (χ2n) is 6.68. The molecule has 4 saturated carbocycles. The van der Waals surface area contributed by atoms with Gasteiger partial charge in [-0.2, -0.15) is 8.42 Å². The Balaban J connectivity index is 1.81. The Morgan fingerprint density at radius 2 is 1.42 bits per heavy atom. The molecule has 4 fully saturated rings. The van der Waals surface area contributed by atoms with Crippen LogP contribution in [0.2, 0.25) is 0 Å². The molecule has 0 amide bonds. The smallest absolute Gasteiger partial charge is 0.272 e. The molecule has 106 valence electrons. The summed E-state index contributed by atoms with van der Waals surface area (Å²) in [5.74, 6) is -0.988. The molecule has 6 heteroatoms. The van der Waals surface area contributed by atoms with Crippen molar-refractivity contribution in [2.24, 2.45) is 23.2 Å². The third-order valence-corrected chi connectivity index (χ3v) is 5.71. The Labute approximate surface area is 112 Å². The van der Waals surface area contributed by atoms with Crippen molar-refractivity contribution in [2.75, 3.05) is 5.75 Å². The average molecular weight is 286 g/mol. The molecule has 0 saturated heterocycles. The van der Waals surface area contributed by atoms with E-state index in [0.29, 0.717) is 17.8 Å². The first-order chi connectivity index (χ1) is 8.77. The van der Waals surface area contributed by atoms with Crippen LogP contribution in [0.5, 0.6) is 0 Å². The van der Waals surface area contributed by atoms with Gasteiger partial charge < -0.3 is 0 Å². The molecule has 1 N–H and O–H groups in total. The van der Waals surface area contributed by atoms with Gasteiger partial charge in [0.1, 0.15) is 5.75 Å². The topological polar surface area (TPSA) is 88.5 Å². The molecule has 0 aromatic heterocycles. The van der Waals surface area contributed by atoms with Crippen molar-refractivity contribution >= 4 is 21.7 Å². The molecule has 0 aromatic carbocycles. The monoisotopic (exact) mass is 286 g/mol. The lowest BCUT2D eigenvalue weighted by molar-refractivity contribution is -0.152. The SMILES string of the molecule is O=C(CS(=O)(=O)O)C(=O)C12CC3CC(CC(C3)C1)C2. The number of hydrogen-bond acceptors (Lipinski definition) is 4. The van der Waals surface area contributed by atoms with Crippen LogP contribution in [0.15, 0.2) is 0 Å². The van der Waals surface area contributed by atoms with Crippen molar-refractivity contribution in [3.8, 4) is 0 Å². The minimum Gasteiger partial charge on any atom is -0.290 e. The molecule has 0 atom stereocenters.